The number of hydrogen-bond donors (Lipinski definition) is 1. The average molecular weight is 344 g/mol. The number of benzene rings is 1. The molecule has 1 aromatic heterocycles. The Labute approximate surface area is 124 Å². The van der Waals surface area contributed by atoms with Crippen LogP contribution in [0.15, 0.2) is 22.7 Å². The van der Waals surface area contributed by atoms with Crippen molar-refractivity contribution in [3.05, 3.63) is 33.5 Å². The molecule has 0 aliphatic heterocycles. The number of ether oxygens (including phenoxy) is 1. The van der Waals surface area contributed by atoms with E-state index in [-0.39, 0.29) is 11.3 Å². The third-order valence-electron chi connectivity index (χ3n) is 2.46. The molecule has 7 heteroatoms. The van der Waals surface area contributed by atoms with Crippen LogP contribution in [0.4, 0.5) is 11.6 Å². The Morgan fingerprint density at radius 2 is 2.11 bits per heavy atom. The summed E-state index contributed by atoms with van der Waals surface area (Å²) in [4.78, 5) is 11.9. The second kappa shape index (κ2) is 6.16. The van der Waals surface area contributed by atoms with E-state index >= 15 is 0 Å². The van der Waals surface area contributed by atoms with Gasteiger partial charge < -0.3 is 10.1 Å². The topological polar surface area (TPSA) is 59.9 Å². The van der Waals surface area contributed by atoms with Crippen LogP contribution in [-0.4, -0.2) is 22.1 Å². The molecule has 0 saturated carbocycles. The van der Waals surface area contributed by atoms with E-state index in [0.717, 1.165) is 22.1 Å². The summed E-state index contributed by atoms with van der Waals surface area (Å²) in [6.45, 7) is 2.08. The first kappa shape index (κ1) is 14.0. The van der Waals surface area contributed by atoms with Crippen LogP contribution in [0, 0.1) is 0 Å². The van der Waals surface area contributed by atoms with E-state index in [2.05, 4.69) is 43.1 Å². The molecule has 0 aliphatic rings. The van der Waals surface area contributed by atoms with E-state index in [1.807, 2.05) is 18.2 Å². The van der Waals surface area contributed by atoms with Gasteiger partial charge in [-0.2, -0.15) is 15.0 Å². The first-order valence-electron chi connectivity index (χ1n) is 5.63. The van der Waals surface area contributed by atoms with Crippen LogP contribution in [0.5, 0.6) is 6.01 Å². The molecule has 0 unspecified atom stereocenters. The van der Waals surface area contributed by atoms with Crippen molar-refractivity contribution in [2.45, 2.75) is 13.3 Å². The van der Waals surface area contributed by atoms with E-state index in [1.54, 1.807) is 0 Å². The van der Waals surface area contributed by atoms with Gasteiger partial charge in [0.2, 0.25) is 11.2 Å². The Kier molecular flexibility index (Phi) is 4.55. The molecule has 0 radical (unpaired) electrons. The van der Waals surface area contributed by atoms with Gasteiger partial charge in [0.05, 0.1) is 7.11 Å². The van der Waals surface area contributed by atoms with E-state index < -0.39 is 0 Å². The van der Waals surface area contributed by atoms with Crippen molar-refractivity contribution in [1.82, 2.24) is 15.0 Å². The highest BCUT2D eigenvalue weighted by Crippen LogP contribution is 2.24. The van der Waals surface area contributed by atoms with Gasteiger partial charge in [0.25, 0.3) is 0 Å². The molecule has 19 heavy (non-hydrogen) atoms. The fraction of sp³-hybridized carbons (Fsp3) is 0.250. The predicted molar refractivity (Wildman–Crippen MR) is 78.2 cm³/mol. The molecule has 0 aliphatic carbocycles. The molecule has 2 rings (SSSR count). The average Bonchev–Trinajstić information content (AvgIpc) is 2.40. The van der Waals surface area contributed by atoms with Gasteiger partial charge >= 0.3 is 6.01 Å². The predicted octanol–water partition coefficient (Wildman–Crippen LogP) is 3.60. The third kappa shape index (κ3) is 3.54. The van der Waals surface area contributed by atoms with Crippen LogP contribution in [0.3, 0.4) is 0 Å². The lowest BCUT2D eigenvalue weighted by Gasteiger charge is -2.10. The molecule has 1 heterocycles. The quantitative estimate of drug-likeness (QED) is 0.919. The highest BCUT2D eigenvalue weighted by molar-refractivity contribution is 9.10. The number of rotatable bonds is 4. The fourth-order valence-corrected chi connectivity index (χ4v) is 2.14. The van der Waals surface area contributed by atoms with Gasteiger partial charge in [-0.1, -0.05) is 22.9 Å². The lowest BCUT2D eigenvalue weighted by atomic mass is 10.1. The standard InChI is InChI=1S/C12H12BrClN4O/c1-3-7-6-8(13)4-5-9(7)15-11-16-10(14)17-12(18-11)19-2/h4-6H,3H2,1-2H3,(H,15,16,17,18). The fourth-order valence-electron chi connectivity index (χ4n) is 1.58. The number of aromatic nitrogens is 3. The van der Waals surface area contributed by atoms with E-state index in [4.69, 9.17) is 16.3 Å². The molecule has 0 saturated heterocycles. The molecule has 100 valence electrons. The molecule has 2 aromatic rings. The lowest BCUT2D eigenvalue weighted by molar-refractivity contribution is 0.379. The molecule has 1 aromatic carbocycles. The van der Waals surface area contributed by atoms with Gasteiger partial charge in [-0.15, -0.1) is 0 Å². The maximum Gasteiger partial charge on any atom is 0.322 e. The zero-order valence-electron chi connectivity index (χ0n) is 10.4. The Morgan fingerprint density at radius 1 is 1.32 bits per heavy atom. The van der Waals surface area contributed by atoms with Crippen molar-refractivity contribution in [1.29, 1.82) is 0 Å². The first-order valence-corrected chi connectivity index (χ1v) is 6.80. The maximum atomic E-state index is 5.80. The smallest absolute Gasteiger partial charge is 0.322 e. The van der Waals surface area contributed by atoms with Crippen LogP contribution in [0.2, 0.25) is 5.28 Å². The van der Waals surface area contributed by atoms with Crippen molar-refractivity contribution in [3.63, 3.8) is 0 Å². The first-order chi connectivity index (χ1) is 9.12. The molecular weight excluding hydrogens is 332 g/mol. The minimum atomic E-state index is 0.0875. The number of methoxy groups -OCH3 is 1. The Morgan fingerprint density at radius 3 is 2.79 bits per heavy atom. The van der Waals surface area contributed by atoms with Gasteiger partial charge in [-0.25, -0.2) is 0 Å². The van der Waals surface area contributed by atoms with Crippen LogP contribution < -0.4 is 10.1 Å². The van der Waals surface area contributed by atoms with Crippen molar-refractivity contribution in [3.8, 4) is 6.01 Å². The van der Waals surface area contributed by atoms with E-state index in [9.17, 15) is 0 Å². The maximum absolute atomic E-state index is 5.80. The number of aryl methyl sites for hydroxylation is 1. The third-order valence-corrected chi connectivity index (χ3v) is 3.13. The number of halogens is 2. The number of anilines is 2. The summed E-state index contributed by atoms with van der Waals surface area (Å²) in [5, 5.41) is 3.21. The second-order valence-corrected chi connectivity index (χ2v) is 4.95. The summed E-state index contributed by atoms with van der Waals surface area (Å²) in [5.41, 5.74) is 2.07. The van der Waals surface area contributed by atoms with E-state index in [1.165, 1.54) is 7.11 Å². The summed E-state index contributed by atoms with van der Waals surface area (Å²) < 4.78 is 5.98. The molecule has 0 spiro atoms. The minimum absolute atomic E-state index is 0.0875. The number of nitrogens with one attached hydrogen (secondary N) is 1. The number of nitrogens with zero attached hydrogens (tertiary/aromatic N) is 3. The summed E-state index contributed by atoms with van der Waals surface area (Å²) in [7, 11) is 1.48. The Bertz CT molecular complexity index is 594. The van der Waals surface area contributed by atoms with E-state index in [0.29, 0.717) is 5.95 Å². The summed E-state index contributed by atoms with van der Waals surface area (Å²) in [6.07, 6.45) is 0.887. The van der Waals surface area contributed by atoms with Crippen molar-refractivity contribution < 1.29 is 4.74 Å². The zero-order chi connectivity index (χ0) is 13.8. The van der Waals surface area contributed by atoms with Crippen molar-refractivity contribution >= 4 is 39.2 Å². The zero-order valence-corrected chi connectivity index (χ0v) is 12.8. The monoisotopic (exact) mass is 342 g/mol. The lowest BCUT2D eigenvalue weighted by Crippen LogP contribution is -2.03. The second-order valence-electron chi connectivity index (χ2n) is 3.69. The van der Waals surface area contributed by atoms with Gasteiger partial charge in [0.1, 0.15) is 0 Å². The van der Waals surface area contributed by atoms with Crippen LogP contribution in [-0.2, 0) is 6.42 Å². The van der Waals surface area contributed by atoms with Crippen molar-refractivity contribution in [2.75, 3.05) is 12.4 Å². The highest BCUT2D eigenvalue weighted by Gasteiger charge is 2.08. The summed E-state index contributed by atoms with van der Waals surface area (Å²) >= 11 is 9.25. The van der Waals surface area contributed by atoms with Gasteiger partial charge in [-0.3, -0.25) is 0 Å². The minimum Gasteiger partial charge on any atom is -0.467 e. The van der Waals surface area contributed by atoms with Gasteiger partial charge in [-0.05, 0) is 41.8 Å². The summed E-state index contributed by atoms with van der Waals surface area (Å²) in [5.74, 6) is 0.355. The molecule has 0 bridgehead atoms. The number of hydrogen-bond acceptors (Lipinski definition) is 5. The molecule has 0 atom stereocenters. The normalized spacial score (nSPS) is 10.3. The molecular formula is C12H12BrClN4O. The van der Waals surface area contributed by atoms with Crippen LogP contribution in [0.25, 0.3) is 0 Å². The largest absolute Gasteiger partial charge is 0.467 e. The molecule has 0 amide bonds. The Balaban J connectivity index is 2.33. The van der Waals surface area contributed by atoms with Crippen LogP contribution in [0.1, 0.15) is 12.5 Å². The SMILES string of the molecule is CCc1cc(Br)ccc1Nc1nc(Cl)nc(OC)n1. The van der Waals surface area contributed by atoms with Gasteiger partial charge in [0.15, 0.2) is 0 Å². The molecule has 5 nitrogen and oxygen atoms in total. The molecule has 0 fully saturated rings. The Hall–Kier alpha value is -1.40. The van der Waals surface area contributed by atoms with Crippen molar-refractivity contribution in [2.24, 2.45) is 0 Å². The van der Waals surface area contributed by atoms with Crippen LogP contribution >= 0.6 is 27.5 Å². The molecule has 1 N–H and O–H groups in total. The summed E-state index contributed by atoms with van der Waals surface area (Å²) in [6, 6.07) is 6.12. The van der Waals surface area contributed by atoms with Gasteiger partial charge in [0, 0.05) is 10.2 Å². The highest BCUT2D eigenvalue weighted by atomic mass is 79.9.